The van der Waals surface area contributed by atoms with E-state index in [0.29, 0.717) is 5.56 Å². The van der Waals surface area contributed by atoms with E-state index in [1.165, 1.54) is 30.3 Å². The second-order valence-corrected chi connectivity index (χ2v) is 3.22. The summed E-state index contributed by atoms with van der Waals surface area (Å²) in [6.07, 6.45) is -2.18. The van der Waals surface area contributed by atoms with Crippen LogP contribution in [0, 0.1) is 5.82 Å². The number of alkyl halides is 3. The lowest BCUT2D eigenvalue weighted by molar-refractivity contribution is -0.135. The van der Waals surface area contributed by atoms with Crippen LogP contribution in [0.15, 0.2) is 30.3 Å². The zero-order valence-electron chi connectivity index (χ0n) is 8.59. The lowest BCUT2D eigenvalue weighted by atomic mass is 10.2. The van der Waals surface area contributed by atoms with Crippen LogP contribution in [0.1, 0.15) is 5.56 Å². The molecule has 1 rings (SSSR count). The van der Waals surface area contributed by atoms with Crippen LogP contribution in [0.2, 0.25) is 0 Å². The molecule has 1 aromatic carbocycles. The van der Waals surface area contributed by atoms with Crippen molar-refractivity contribution in [2.75, 3.05) is 6.54 Å². The van der Waals surface area contributed by atoms with Gasteiger partial charge in [0.2, 0.25) is 5.91 Å². The molecule has 0 saturated heterocycles. The van der Waals surface area contributed by atoms with E-state index >= 15 is 0 Å². The standard InChI is InChI=1S/C11H9F4NO/c12-9-4-1-8(2-5-9)3-6-10(17)16-7-11(13,14)15/h1-6H,7H2,(H,16,17)/b6-3+. The number of hydrogen-bond acceptors (Lipinski definition) is 1. The zero-order chi connectivity index (χ0) is 12.9. The van der Waals surface area contributed by atoms with Crippen molar-refractivity contribution in [3.8, 4) is 0 Å². The second kappa shape index (κ2) is 5.47. The van der Waals surface area contributed by atoms with Crippen molar-refractivity contribution in [3.05, 3.63) is 41.7 Å². The minimum absolute atomic E-state index is 0.427. The number of halogens is 4. The van der Waals surface area contributed by atoms with Crippen LogP contribution >= 0.6 is 0 Å². The molecule has 1 amide bonds. The van der Waals surface area contributed by atoms with Crippen LogP contribution in [0.4, 0.5) is 17.6 Å². The number of benzene rings is 1. The van der Waals surface area contributed by atoms with Crippen LogP contribution in [-0.2, 0) is 4.79 Å². The first-order valence-electron chi connectivity index (χ1n) is 4.65. The normalized spacial score (nSPS) is 11.8. The number of amides is 1. The van der Waals surface area contributed by atoms with Gasteiger partial charge in [-0.1, -0.05) is 12.1 Å². The molecule has 0 spiro atoms. The van der Waals surface area contributed by atoms with Crippen LogP contribution in [0.25, 0.3) is 6.08 Å². The molecule has 0 atom stereocenters. The lowest BCUT2D eigenvalue weighted by Gasteiger charge is -2.05. The summed E-state index contributed by atoms with van der Waals surface area (Å²) in [7, 11) is 0. The fraction of sp³-hybridized carbons (Fsp3) is 0.182. The van der Waals surface area contributed by atoms with E-state index in [0.717, 1.165) is 6.08 Å². The minimum Gasteiger partial charge on any atom is -0.343 e. The molecule has 0 heterocycles. The van der Waals surface area contributed by atoms with Gasteiger partial charge in [-0.15, -0.1) is 0 Å². The Balaban J connectivity index is 2.48. The van der Waals surface area contributed by atoms with Gasteiger partial charge in [0.25, 0.3) is 0 Å². The van der Waals surface area contributed by atoms with E-state index in [9.17, 15) is 22.4 Å². The SMILES string of the molecule is O=C(/C=C/c1ccc(F)cc1)NCC(F)(F)F. The summed E-state index contributed by atoms with van der Waals surface area (Å²) >= 11 is 0. The van der Waals surface area contributed by atoms with Crippen molar-refractivity contribution < 1.29 is 22.4 Å². The van der Waals surface area contributed by atoms with Crippen molar-refractivity contribution in [1.82, 2.24) is 5.32 Å². The van der Waals surface area contributed by atoms with Gasteiger partial charge in [-0.05, 0) is 23.8 Å². The van der Waals surface area contributed by atoms with Gasteiger partial charge < -0.3 is 5.32 Å². The summed E-state index contributed by atoms with van der Waals surface area (Å²) in [5, 5.41) is 1.68. The van der Waals surface area contributed by atoms with Gasteiger partial charge in [0.15, 0.2) is 0 Å². The predicted octanol–water partition coefficient (Wildman–Crippen LogP) is 2.52. The molecule has 92 valence electrons. The topological polar surface area (TPSA) is 29.1 Å². The molecule has 1 aromatic rings. The molecule has 0 aliphatic heterocycles. The third-order valence-corrected chi connectivity index (χ3v) is 1.76. The maximum atomic E-state index is 12.5. The predicted molar refractivity (Wildman–Crippen MR) is 54.5 cm³/mol. The third-order valence-electron chi connectivity index (χ3n) is 1.76. The molecule has 0 aliphatic carbocycles. The molecule has 0 unspecified atom stereocenters. The van der Waals surface area contributed by atoms with Gasteiger partial charge >= 0.3 is 6.18 Å². The van der Waals surface area contributed by atoms with Gasteiger partial charge in [0.05, 0.1) is 0 Å². The minimum atomic E-state index is -4.43. The summed E-state index contributed by atoms with van der Waals surface area (Å²) in [6, 6.07) is 5.19. The highest BCUT2D eigenvalue weighted by Crippen LogP contribution is 2.12. The number of carbonyl (C=O) groups excluding carboxylic acids is 1. The van der Waals surface area contributed by atoms with Gasteiger partial charge in [-0.2, -0.15) is 13.2 Å². The van der Waals surface area contributed by atoms with Gasteiger partial charge in [-0.3, -0.25) is 4.79 Å². The first-order chi connectivity index (χ1) is 7.87. The Bertz CT molecular complexity index is 408. The van der Waals surface area contributed by atoms with Crippen molar-refractivity contribution in [2.24, 2.45) is 0 Å². The first-order valence-corrected chi connectivity index (χ1v) is 4.65. The summed E-state index contributed by atoms with van der Waals surface area (Å²) in [4.78, 5) is 11.0. The molecule has 1 N–H and O–H groups in total. The average Bonchev–Trinajstić information content (AvgIpc) is 2.25. The molecule has 0 bridgehead atoms. The highest BCUT2D eigenvalue weighted by atomic mass is 19.4. The van der Waals surface area contributed by atoms with Crippen molar-refractivity contribution in [2.45, 2.75) is 6.18 Å². The van der Waals surface area contributed by atoms with E-state index in [-0.39, 0.29) is 0 Å². The van der Waals surface area contributed by atoms with Gasteiger partial charge in [0.1, 0.15) is 12.4 Å². The monoisotopic (exact) mass is 247 g/mol. The van der Waals surface area contributed by atoms with Gasteiger partial charge in [-0.25, -0.2) is 4.39 Å². The molecule has 0 fully saturated rings. The number of nitrogens with one attached hydrogen (secondary N) is 1. The zero-order valence-corrected chi connectivity index (χ0v) is 8.59. The number of hydrogen-bond donors (Lipinski definition) is 1. The summed E-state index contributed by atoms with van der Waals surface area (Å²) in [6.45, 7) is -1.38. The molecule has 0 radical (unpaired) electrons. The maximum absolute atomic E-state index is 12.5. The second-order valence-electron chi connectivity index (χ2n) is 3.22. The van der Waals surface area contributed by atoms with E-state index in [1.54, 1.807) is 5.32 Å². The number of carbonyl (C=O) groups is 1. The molecule has 17 heavy (non-hydrogen) atoms. The van der Waals surface area contributed by atoms with Crippen LogP contribution < -0.4 is 5.32 Å². The fourth-order valence-corrected chi connectivity index (χ4v) is 0.992. The van der Waals surface area contributed by atoms with E-state index in [1.807, 2.05) is 0 Å². The molecule has 6 heteroatoms. The van der Waals surface area contributed by atoms with Gasteiger partial charge in [0, 0.05) is 6.08 Å². The summed E-state index contributed by atoms with van der Waals surface area (Å²) in [5.74, 6) is -1.28. The highest BCUT2D eigenvalue weighted by molar-refractivity contribution is 5.91. The Morgan fingerprint density at radius 3 is 2.35 bits per heavy atom. The maximum Gasteiger partial charge on any atom is 0.405 e. The van der Waals surface area contributed by atoms with Crippen LogP contribution in [-0.4, -0.2) is 18.6 Å². The summed E-state index contributed by atoms with van der Waals surface area (Å²) in [5.41, 5.74) is 0.522. The average molecular weight is 247 g/mol. The van der Waals surface area contributed by atoms with Crippen molar-refractivity contribution >= 4 is 12.0 Å². The molecule has 0 aromatic heterocycles. The quantitative estimate of drug-likeness (QED) is 0.645. The Hall–Kier alpha value is -1.85. The smallest absolute Gasteiger partial charge is 0.343 e. The van der Waals surface area contributed by atoms with E-state index < -0.39 is 24.4 Å². The Labute approximate surface area is 94.9 Å². The van der Waals surface area contributed by atoms with Crippen molar-refractivity contribution in [3.63, 3.8) is 0 Å². The Morgan fingerprint density at radius 1 is 1.24 bits per heavy atom. The highest BCUT2D eigenvalue weighted by Gasteiger charge is 2.27. The lowest BCUT2D eigenvalue weighted by Crippen LogP contribution is -2.32. The third kappa shape index (κ3) is 5.70. The number of rotatable bonds is 3. The molecule has 0 saturated carbocycles. The molecule has 2 nitrogen and oxygen atoms in total. The fourth-order valence-electron chi connectivity index (χ4n) is 0.992. The molecular formula is C11H9F4NO. The van der Waals surface area contributed by atoms with Crippen molar-refractivity contribution in [1.29, 1.82) is 0 Å². The van der Waals surface area contributed by atoms with Crippen LogP contribution in [0.3, 0.4) is 0 Å². The first kappa shape index (κ1) is 13.2. The van der Waals surface area contributed by atoms with E-state index in [2.05, 4.69) is 0 Å². The largest absolute Gasteiger partial charge is 0.405 e. The van der Waals surface area contributed by atoms with Crippen LogP contribution in [0.5, 0.6) is 0 Å². The molecule has 0 aliphatic rings. The Morgan fingerprint density at radius 2 is 1.82 bits per heavy atom. The Kier molecular flexibility index (Phi) is 4.25. The summed E-state index contributed by atoms with van der Waals surface area (Å²) < 4.78 is 47.7. The van der Waals surface area contributed by atoms with E-state index in [4.69, 9.17) is 0 Å². The molecular weight excluding hydrogens is 238 g/mol.